The van der Waals surface area contributed by atoms with E-state index in [-0.39, 0.29) is 11.8 Å². The van der Waals surface area contributed by atoms with Crippen LogP contribution in [0.4, 0.5) is 8.78 Å². The topological polar surface area (TPSA) is 41.1 Å². The van der Waals surface area contributed by atoms with Crippen molar-refractivity contribution >= 4 is 5.78 Å². The zero-order chi connectivity index (χ0) is 11.6. The number of ketones is 1. The molecule has 1 fully saturated rings. The Hall–Kier alpha value is -0.550. The van der Waals surface area contributed by atoms with E-state index in [9.17, 15) is 13.6 Å². The first-order valence-electron chi connectivity index (χ1n) is 5.16. The molecule has 1 rings (SSSR count). The number of hydrogen-bond acceptors (Lipinski definition) is 3. The lowest BCUT2D eigenvalue weighted by atomic mass is 9.84. The summed E-state index contributed by atoms with van der Waals surface area (Å²) in [5.74, 6) is 0.0581. The van der Waals surface area contributed by atoms with E-state index in [0.29, 0.717) is 12.8 Å². The summed E-state index contributed by atoms with van der Waals surface area (Å²) in [6.07, 6.45) is -1.59. The largest absolute Gasteiger partial charge is 0.297 e. The van der Waals surface area contributed by atoms with E-state index in [1.54, 1.807) is 0 Å². The van der Waals surface area contributed by atoms with Gasteiger partial charge in [0.1, 0.15) is 0 Å². The highest BCUT2D eigenvalue weighted by molar-refractivity contribution is 5.88. The number of Topliss-reactive ketones (excluding diaryl/α,β-unsaturated/α-hetero) is 1. The van der Waals surface area contributed by atoms with Crippen LogP contribution in [0.5, 0.6) is 0 Å². The van der Waals surface area contributed by atoms with Crippen LogP contribution in [-0.4, -0.2) is 24.3 Å². The van der Waals surface area contributed by atoms with Gasteiger partial charge in [0.15, 0.2) is 5.78 Å². The minimum atomic E-state index is -2.39. The quantitative estimate of drug-likeness (QED) is 0.741. The van der Waals surface area contributed by atoms with E-state index in [4.69, 9.17) is 0 Å². The molecule has 2 unspecified atom stereocenters. The molecule has 5 heteroatoms. The lowest BCUT2D eigenvalue weighted by Crippen LogP contribution is -2.58. The van der Waals surface area contributed by atoms with Gasteiger partial charge in [0, 0.05) is 5.41 Å². The van der Waals surface area contributed by atoms with Gasteiger partial charge in [-0.2, -0.15) is 0 Å². The molecule has 1 aliphatic rings. The summed E-state index contributed by atoms with van der Waals surface area (Å²) in [6, 6.07) is -1.19. The average Bonchev–Trinajstić information content (AvgIpc) is 2.15. The van der Waals surface area contributed by atoms with Crippen molar-refractivity contribution in [3.05, 3.63) is 0 Å². The van der Waals surface area contributed by atoms with Crippen LogP contribution >= 0.6 is 0 Å². The Morgan fingerprint density at radius 1 is 1.27 bits per heavy atom. The fraction of sp³-hybridized carbons (Fsp3) is 0.900. The summed E-state index contributed by atoms with van der Waals surface area (Å²) < 4.78 is 24.6. The summed E-state index contributed by atoms with van der Waals surface area (Å²) >= 11 is 0. The second-order valence-corrected chi connectivity index (χ2v) is 4.97. The normalized spacial score (nSPS) is 28.1. The van der Waals surface area contributed by atoms with Crippen molar-refractivity contribution in [1.29, 1.82) is 0 Å². The highest BCUT2D eigenvalue weighted by atomic mass is 19.3. The predicted octanol–water partition coefficient (Wildman–Crippen LogP) is 1.49. The number of hydrogen-bond donors (Lipinski definition) is 2. The first kappa shape index (κ1) is 12.5. The van der Waals surface area contributed by atoms with Crippen LogP contribution in [0.2, 0.25) is 0 Å². The van der Waals surface area contributed by atoms with Crippen LogP contribution < -0.4 is 10.9 Å². The molecule has 0 aromatic rings. The summed E-state index contributed by atoms with van der Waals surface area (Å²) in [5, 5.41) is 0. The number of carbonyl (C=O) groups is 1. The van der Waals surface area contributed by atoms with Gasteiger partial charge in [0.25, 0.3) is 6.43 Å². The molecule has 1 heterocycles. The number of nitrogens with one attached hydrogen (secondary N) is 2. The summed E-state index contributed by atoms with van der Waals surface area (Å²) in [7, 11) is 0. The number of carbonyl (C=O) groups excluding carboxylic acids is 1. The molecule has 0 aromatic carbocycles. The van der Waals surface area contributed by atoms with E-state index >= 15 is 0 Å². The van der Waals surface area contributed by atoms with Gasteiger partial charge in [0.2, 0.25) is 0 Å². The molecule has 1 aliphatic heterocycles. The molecule has 2 N–H and O–H groups in total. The SMILES string of the molecule is CC(C)(C)C(=O)C1CCC(C(F)F)NN1. The second-order valence-electron chi connectivity index (χ2n) is 4.97. The van der Waals surface area contributed by atoms with Crippen molar-refractivity contribution in [3.8, 4) is 0 Å². The minimum absolute atomic E-state index is 0.0581. The maximum absolute atomic E-state index is 12.3. The smallest absolute Gasteiger partial charge is 0.255 e. The fourth-order valence-corrected chi connectivity index (χ4v) is 1.61. The molecular formula is C10H18F2N2O. The van der Waals surface area contributed by atoms with Crippen LogP contribution in [0.3, 0.4) is 0 Å². The zero-order valence-corrected chi connectivity index (χ0v) is 9.31. The molecule has 0 spiro atoms. The maximum atomic E-state index is 12.3. The predicted molar refractivity (Wildman–Crippen MR) is 53.5 cm³/mol. The Labute approximate surface area is 88.6 Å². The van der Waals surface area contributed by atoms with E-state index in [1.165, 1.54) is 0 Å². The van der Waals surface area contributed by atoms with E-state index in [0.717, 1.165) is 0 Å². The highest BCUT2D eigenvalue weighted by Gasteiger charge is 2.34. The summed E-state index contributed by atoms with van der Waals surface area (Å²) in [6.45, 7) is 5.49. The molecule has 0 bridgehead atoms. The van der Waals surface area contributed by atoms with Gasteiger partial charge in [0.05, 0.1) is 12.1 Å². The molecule has 15 heavy (non-hydrogen) atoms. The number of hydrazine groups is 1. The Morgan fingerprint density at radius 2 is 1.87 bits per heavy atom. The van der Waals surface area contributed by atoms with Crippen molar-refractivity contribution in [3.63, 3.8) is 0 Å². The zero-order valence-electron chi connectivity index (χ0n) is 9.31. The molecule has 0 saturated carbocycles. The second kappa shape index (κ2) is 4.53. The van der Waals surface area contributed by atoms with Gasteiger partial charge in [-0.3, -0.25) is 4.79 Å². The van der Waals surface area contributed by atoms with Gasteiger partial charge in [-0.15, -0.1) is 0 Å². The third-order valence-electron chi connectivity index (χ3n) is 2.57. The standard InChI is InChI=1S/C10H18F2N2O/c1-10(2,3)8(15)6-4-5-7(9(11)12)14-13-6/h6-7,9,13-14H,4-5H2,1-3H3. The van der Waals surface area contributed by atoms with Crippen LogP contribution in [0.25, 0.3) is 0 Å². The van der Waals surface area contributed by atoms with Crippen molar-refractivity contribution in [2.75, 3.05) is 0 Å². The van der Waals surface area contributed by atoms with E-state index in [2.05, 4.69) is 10.9 Å². The maximum Gasteiger partial charge on any atom is 0.255 e. The molecule has 1 saturated heterocycles. The Balaban J connectivity index is 2.48. The highest BCUT2D eigenvalue weighted by Crippen LogP contribution is 2.21. The van der Waals surface area contributed by atoms with Crippen LogP contribution in [0.1, 0.15) is 33.6 Å². The van der Waals surface area contributed by atoms with Gasteiger partial charge < -0.3 is 0 Å². The Bertz CT molecular complexity index is 230. The summed E-state index contributed by atoms with van der Waals surface area (Å²) in [5.41, 5.74) is 4.74. The molecule has 0 aromatic heterocycles. The molecule has 0 aliphatic carbocycles. The van der Waals surface area contributed by atoms with Crippen molar-refractivity contribution < 1.29 is 13.6 Å². The molecular weight excluding hydrogens is 202 g/mol. The molecule has 0 amide bonds. The average molecular weight is 220 g/mol. The molecule has 0 radical (unpaired) electrons. The first-order valence-corrected chi connectivity index (χ1v) is 5.16. The van der Waals surface area contributed by atoms with Crippen LogP contribution in [0, 0.1) is 5.41 Å². The van der Waals surface area contributed by atoms with Crippen molar-refractivity contribution in [2.45, 2.75) is 52.1 Å². The van der Waals surface area contributed by atoms with Gasteiger partial charge in [-0.25, -0.2) is 19.6 Å². The number of alkyl halides is 2. The molecule has 88 valence electrons. The monoisotopic (exact) mass is 220 g/mol. The summed E-state index contributed by atoms with van der Waals surface area (Å²) in [4.78, 5) is 11.8. The van der Waals surface area contributed by atoms with Crippen molar-refractivity contribution in [1.82, 2.24) is 10.9 Å². The van der Waals surface area contributed by atoms with Gasteiger partial charge in [-0.05, 0) is 12.8 Å². The van der Waals surface area contributed by atoms with Crippen LogP contribution in [-0.2, 0) is 4.79 Å². The first-order chi connectivity index (χ1) is 6.82. The molecule has 3 nitrogen and oxygen atoms in total. The Morgan fingerprint density at radius 3 is 2.20 bits per heavy atom. The molecule has 2 atom stereocenters. The number of halogens is 2. The van der Waals surface area contributed by atoms with Crippen molar-refractivity contribution in [2.24, 2.45) is 5.41 Å². The number of rotatable bonds is 2. The van der Waals surface area contributed by atoms with E-state index < -0.39 is 17.9 Å². The fourth-order valence-electron chi connectivity index (χ4n) is 1.61. The lowest BCUT2D eigenvalue weighted by molar-refractivity contribution is -0.130. The third-order valence-corrected chi connectivity index (χ3v) is 2.57. The van der Waals surface area contributed by atoms with E-state index in [1.807, 2.05) is 20.8 Å². The third kappa shape index (κ3) is 3.21. The van der Waals surface area contributed by atoms with Gasteiger partial charge >= 0.3 is 0 Å². The van der Waals surface area contributed by atoms with Crippen LogP contribution in [0.15, 0.2) is 0 Å². The minimum Gasteiger partial charge on any atom is -0.297 e. The lowest BCUT2D eigenvalue weighted by Gasteiger charge is -2.32. The Kier molecular flexibility index (Phi) is 3.78. The van der Waals surface area contributed by atoms with Gasteiger partial charge in [-0.1, -0.05) is 20.8 Å².